The Labute approximate surface area is 170 Å². The van der Waals surface area contributed by atoms with Crippen molar-refractivity contribution in [3.05, 3.63) is 17.5 Å². The molecule has 1 amide bonds. The molecule has 2 aliphatic carbocycles. The summed E-state index contributed by atoms with van der Waals surface area (Å²) in [5, 5.41) is 3.15. The number of nitrogens with one attached hydrogen (secondary N) is 1. The van der Waals surface area contributed by atoms with Crippen LogP contribution in [0.3, 0.4) is 0 Å². The summed E-state index contributed by atoms with van der Waals surface area (Å²) in [5.74, 6) is 2.89. The smallest absolute Gasteiger partial charge is 0.316 e. The number of fused-ring (bicyclic) bond motifs is 2. The molecule has 0 saturated heterocycles. The Balaban J connectivity index is 0.00000300. The number of methoxy groups -OCH3 is 1. The highest BCUT2D eigenvalue weighted by Gasteiger charge is 2.43. The summed E-state index contributed by atoms with van der Waals surface area (Å²) in [6, 6.07) is 0.293. The third-order valence-electron chi connectivity index (χ3n) is 6.33. The second-order valence-corrected chi connectivity index (χ2v) is 8.82. The lowest BCUT2D eigenvalue weighted by Crippen LogP contribution is -2.34. The standard InChI is InChI=1S/C22H35N3O3.H2/c1-6-7-19(27-5)20-18(12-24-22(25-20)28-13(2)3)21(26)23-11-16-9-15-8-14(4)17(16)10-15;/h12-17,19H,6-11H2,1-5H3,(H,23,26);1H. The molecule has 2 aliphatic rings. The Hall–Kier alpha value is -1.69. The molecule has 3 rings (SSSR count). The maximum absolute atomic E-state index is 13.0. The molecular formula is C22H37N3O3. The third-order valence-corrected chi connectivity index (χ3v) is 6.33. The molecule has 0 radical (unpaired) electrons. The zero-order valence-electron chi connectivity index (χ0n) is 17.9. The third kappa shape index (κ3) is 4.65. The molecule has 6 heteroatoms. The van der Waals surface area contributed by atoms with E-state index in [9.17, 15) is 4.79 Å². The van der Waals surface area contributed by atoms with Gasteiger partial charge in [-0.05, 0) is 63.2 Å². The first-order valence-electron chi connectivity index (χ1n) is 10.8. The van der Waals surface area contributed by atoms with Crippen molar-refractivity contribution < 1.29 is 15.7 Å². The molecule has 28 heavy (non-hydrogen) atoms. The number of hydrogen-bond donors (Lipinski definition) is 1. The zero-order chi connectivity index (χ0) is 20.3. The van der Waals surface area contributed by atoms with Crippen LogP contribution in [0.5, 0.6) is 6.01 Å². The fourth-order valence-electron chi connectivity index (χ4n) is 5.11. The molecule has 2 saturated carbocycles. The van der Waals surface area contributed by atoms with Crippen molar-refractivity contribution in [1.82, 2.24) is 15.3 Å². The first-order valence-corrected chi connectivity index (χ1v) is 10.8. The number of carbonyl (C=O) groups excluding carboxylic acids is 1. The molecule has 1 aromatic rings. The molecule has 0 spiro atoms. The second-order valence-electron chi connectivity index (χ2n) is 8.82. The van der Waals surface area contributed by atoms with Gasteiger partial charge in [0.2, 0.25) is 0 Å². The average molecular weight is 392 g/mol. The normalized spacial score (nSPS) is 27.2. The van der Waals surface area contributed by atoms with Crippen molar-refractivity contribution in [3.8, 4) is 6.01 Å². The number of hydrogen-bond acceptors (Lipinski definition) is 5. The molecule has 1 heterocycles. The Morgan fingerprint density at radius 2 is 2.14 bits per heavy atom. The van der Waals surface area contributed by atoms with Gasteiger partial charge in [0.05, 0.1) is 17.4 Å². The fraction of sp³-hybridized carbons (Fsp3) is 0.773. The van der Waals surface area contributed by atoms with Gasteiger partial charge in [-0.25, -0.2) is 4.98 Å². The van der Waals surface area contributed by atoms with Crippen LogP contribution in [-0.4, -0.2) is 35.6 Å². The van der Waals surface area contributed by atoms with Crippen molar-refractivity contribution in [2.24, 2.45) is 23.7 Å². The largest absolute Gasteiger partial charge is 0.461 e. The molecule has 5 unspecified atom stereocenters. The van der Waals surface area contributed by atoms with E-state index in [0.29, 0.717) is 23.2 Å². The number of rotatable bonds is 9. The first-order chi connectivity index (χ1) is 13.4. The summed E-state index contributed by atoms with van der Waals surface area (Å²) in [7, 11) is 1.66. The quantitative estimate of drug-likeness (QED) is 0.675. The van der Waals surface area contributed by atoms with Gasteiger partial charge in [-0.2, -0.15) is 4.98 Å². The maximum Gasteiger partial charge on any atom is 0.316 e. The SMILES string of the molecule is CCCC(OC)c1nc(OC(C)C)ncc1C(=O)NCC1CC2CC(C)C1C2.[HH]. The lowest BCUT2D eigenvalue weighted by molar-refractivity contribution is 0.0837. The molecule has 158 valence electrons. The van der Waals surface area contributed by atoms with Crippen LogP contribution >= 0.6 is 0 Å². The predicted octanol–water partition coefficient (Wildman–Crippen LogP) is 4.41. The van der Waals surface area contributed by atoms with Gasteiger partial charge in [0.1, 0.15) is 6.10 Å². The van der Waals surface area contributed by atoms with Gasteiger partial charge in [-0.3, -0.25) is 4.79 Å². The number of carbonyl (C=O) groups is 1. The van der Waals surface area contributed by atoms with Crippen LogP contribution in [0.25, 0.3) is 0 Å². The summed E-state index contributed by atoms with van der Waals surface area (Å²) < 4.78 is 11.3. The van der Waals surface area contributed by atoms with E-state index in [2.05, 4.69) is 29.1 Å². The van der Waals surface area contributed by atoms with Gasteiger partial charge in [0.25, 0.3) is 5.91 Å². The van der Waals surface area contributed by atoms with E-state index in [1.54, 1.807) is 13.3 Å². The molecule has 2 fully saturated rings. The van der Waals surface area contributed by atoms with Crippen molar-refractivity contribution >= 4 is 5.91 Å². The van der Waals surface area contributed by atoms with E-state index < -0.39 is 0 Å². The average Bonchev–Trinajstić information content (AvgIpc) is 3.22. The van der Waals surface area contributed by atoms with Gasteiger partial charge < -0.3 is 14.8 Å². The van der Waals surface area contributed by atoms with E-state index >= 15 is 0 Å². The van der Waals surface area contributed by atoms with Crippen LogP contribution < -0.4 is 10.1 Å². The van der Waals surface area contributed by atoms with Crippen molar-refractivity contribution in [2.45, 2.75) is 72.0 Å². The summed E-state index contributed by atoms with van der Waals surface area (Å²) >= 11 is 0. The van der Waals surface area contributed by atoms with E-state index in [1.165, 1.54) is 19.3 Å². The predicted molar refractivity (Wildman–Crippen MR) is 110 cm³/mol. The molecule has 6 nitrogen and oxygen atoms in total. The molecule has 1 N–H and O–H groups in total. The highest BCUT2D eigenvalue weighted by atomic mass is 16.5. The number of nitrogens with zero attached hydrogens (tertiary/aromatic N) is 2. The Bertz CT molecular complexity index is 685. The monoisotopic (exact) mass is 391 g/mol. The maximum atomic E-state index is 13.0. The summed E-state index contributed by atoms with van der Waals surface area (Å²) in [6.07, 6.45) is 6.98. The lowest BCUT2D eigenvalue weighted by atomic mass is 9.81. The molecule has 5 atom stereocenters. The first kappa shape index (κ1) is 21.0. The van der Waals surface area contributed by atoms with E-state index in [-0.39, 0.29) is 19.5 Å². The van der Waals surface area contributed by atoms with Gasteiger partial charge in [0.15, 0.2) is 0 Å². The number of aromatic nitrogens is 2. The van der Waals surface area contributed by atoms with Crippen LogP contribution in [-0.2, 0) is 4.74 Å². The topological polar surface area (TPSA) is 73.3 Å². The molecule has 0 aliphatic heterocycles. The molecule has 1 aromatic heterocycles. The molecular weight excluding hydrogens is 354 g/mol. The molecule has 2 bridgehead atoms. The van der Waals surface area contributed by atoms with Crippen molar-refractivity contribution in [1.29, 1.82) is 0 Å². The highest BCUT2D eigenvalue weighted by Crippen LogP contribution is 2.51. The van der Waals surface area contributed by atoms with Gasteiger partial charge >= 0.3 is 6.01 Å². The van der Waals surface area contributed by atoms with E-state index in [4.69, 9.17) is 9.47 Å². The number of ether oxygens (including phenoxy) is 2. The van der Waals surface area contributed by atoms with Crippen LogP contribution in [0.4, 0.5) is 0 Å². The summed E-state index contributed by atoms with van der Waals surface area (Å²) in [4.78, 5) is 21.8. The van der Waals surface area contributed by atoms with Crippen LogP contribution in [0.2, 0.25) is 0 Å². The minimum atomic E-state index is -0.245. The minimum Gasteiger partial charge on any atom is -0.461 e. The van der Waals surface area contributed by atoms with Crippen LogP contribution in [0, 0.1) is 23.7 Å². The van der Waals surface area contributed by atoms with E-state index in [0.717, 1.165) is 37.1 Å². The van der Waals surface area contributed by atoms with Gasteiger partial charge in [-0.1, -0.05) is 20.3 Å². The summed E-state index contributed by atoms with van der Waals surface area (Å²) in [6.45, 7) is 9.04. The second kappa shape index (κ2) is 9.21. The highest BCUT2D eigenvalue weighted by molar-refractivity contribution is 5.95. The molecule has 0 aromatic carbocycles. The van der Waals surface area contributed by atoms with Crippen molar-refractivity contribution in [2.75, 3.05) is 13.7 Å². The van der Waals surface area contributed by atoms with Gasteiger partial charge in [-0.15, -0.1) is 0 Å². The van der Waals surface area contributed by atoms with E-state index in [1.807, 2.05) is 13.8 Å². The zero-order valence-corrected chi connectivity index (χ0v) is 17.9. The summed E-state index contributed by atoms with van der Waals surface area (Å²) in [5.41, 5.74) is 1.11. The lowest BCUT2D eigenvalue weighted by Gasteiger charge is -2.27. The number of amides is 1. The Morgan fingerprint density at radius 1 is 1.36 bits per heavy atom. The van der Waals surface area contributed by atoms with Gasteiger partial charge in [0, 0.05) is 21.3 Å². The van der Waals surface area contributed by atoms with Crippen LogP contribution in [0.1, 0.15) is 83.4 Å². The van der Waals surface area contributed by atoms with Crippen molar-refractivity contribution in [3.63, 3.8) is 0 Å². The Morgan fingerprint density at radius 3 is 2.75 bits per heavy atom. The Kier molecular flexibility index (Phi) is 6.91. The fourth-order valence-corrected chi connectivity index (χ4v) is 5.11. The van der Waals surface area contributed by atoms with Crippen LogP contribution in [0.15, 0.2) is 6.20 Å². The minimum absolute atomic E-state index is 0.